The van der Waals surface area contributed by atoms with Crippen molar-refractivity contribution in [1.29, 1.82) is 0 Å². The summed E-state index contributed by atoms with van der Waals surface area (Å²) in [5.74, 6) is -0.451. The van der Waals surface area contributed by atoms with Gasteiger partial charge in [0.2, 0.25) is 0 Å². The predicted octanol–water partition coefficient (Wildman–Crippen LogP) is 3.99. The summed E-state index contributed by atoms with van der Waals surface area (Å²) in [6.07, 6.45) is 4.47. The van der Waals surface area contributed by atoms with Crippen LogP contribution >= 0.6 is 0 Å². The van der Waals surface area contributed by atoms with E-state index in [0.717, 1.165) is 68.0 Å². The van der Waals surface area contributed by atoms with Crippen LogP contribution < -0.4 is 10.6 Å². The number of hydrogen-bond donors (Lipinski definition) is 1. The fourth-order valence-corrected chi connectivity index (χ4v) is 6.24. The maximum absolute atomic E-state index is 11.8. The number of rotatable bonds is 5. The van der Waals surface area contributed by atoms with Crippen LogP contribution in [0.2, 0.25) is 0 Å². The van der Waals surface area contributed by atoms with Gasteiger partial charge >= 0.3 is 0 Å². The molecule has 4 aromatic rings. The molecule has 1 saturated heterocycles. The topological polar surface area (TPSA) is 80.3 Å². The van der Waals surface area contributed by atoms with Gasteiger partial charge in [0.05, 0.1) is 16.9 Å². The van der Waals surface area contributed by atoms with Crippen molar-refractivity contribution in [3.63, 3.8) is 0 Å². The van der Waals surface area contributed by atoms with Crippen LogP contribution in [0.3, 0.4) is 0 Å². The second kappa shape index (κ2) is 9.30. The molecule has 2 aromatic heterocycles. The highest BCUT2D eigenvalue weighted by atomic mass is 16.1. The Morgan fingerprint density at radius 1 is 1.05 bits per heavy atom. The molecular formula is C30H34N6O. The Morgan fingerprint density at radius 3 is 2.73 bits per heavy atom. The molecule has 37 heavy (non-hydrogen) atoms. The number of fused-ring (bicyclic) bond motifs is 4. The third kappa shape index (κ3) is 4.17. The Kier molecular flexibility index (Phi) is 5.95. The van der Waals surface area contributed by atoms with Crippen LogP contribution in [-0.2, 0) is 19.3 Å². The molecule has 1 fully saturated rings. The van der Waals surface area contributed by atoms with Crippen LogP contribution in [-0.4, -0.2) is 57.6 Å². The number of aromatic nitrogens is 3. The largest absolute Gasteiger partial charge is 0.368 e. The molecule has 0 unspecified atom stereocenters. The van der Waals surface area contributed by atoms with E-state index >= 15 is 0 Å². The monoisotopic (exact) mass is 494 g/mol. The van der Waals surface area contributed by atoms with E-state index in [1.807, 2.05) is 6.92 Å². The first-order valence-corrected chi connectivity index (χ1v) is 13.2. The van der Waals surface area contributed by atoms with Crippen molar-refractivity contribution in [1.82, 2.24) is 19.4 Å². The molecule has 0 radical (unpaired) electrons. The zero-order valence-corrected chi connectivity index (χ0v) is 21.9. The van der Waals surface area contributed by atoms with Crippen molar-refractivity contribution in [2.75, 3.05) is 31.1 Å². The number of carbonyl (C=O) groups excluding carboxylic acids is 1. The van der Waals surface area contributed by atoms with E-state index < -0.39 is 5.91 Å². The van der Waals surface area contributed by atoms with Crippen molar-refractivity contribution in [3.05, 3.63) is 82.6 Å². The minimum atomic E-state index is -0.451. The Morgan fingerprint density at radius 2 is 1.92 bits per heavy atom. The molecule has 2 aliphatic heterocycles. The summed E-state index contributed by atoms with van der Waals surface area (Å²) in [5.41, 5.74) is 15.6. The fraction of sp³-hybridized carbons (Fsp3) is 0.367. The molecule has 6 rings (SSSR count). The predicted molar refractivity (Wildman–Crippen MR) is 148 cm³/mol. The average molecular weight is 495 g/mol. The number of carbonyl (C=O) groups is 1. The first-order valence-electron chi connectivity index (χ1n) is 13.2. The average Bonchev–Trinajstić information content (AvgIpc) is 3.33. The number of primary amides is 1. The molecule has 4 heterocycles. The molecular weight excluding hydrogens is 460 g/mol. The quantitative estimate of drug-likeness (QED) is 0.454. The Balaban J connectivity index is 1.19. The van der Waals surface area contributed by atoms with Gasteiger partial charge in [-0.3, -0.25) is 14.7 Å². The normalized spacial score (nSPS) is 17.6. The van der Waals surface area contributed by atoms with Crippen LogP contribution in [0, 0.1) is 13.8 Å². The van der Waals surface area contributed by atoms with Gasteiger partial charge in [-0.15, -0.1) is 0 Å². The number of aryl methyl sites for hydroxylation is 2. The fourth-order valence-electron chi connectivity index (χ4n) is 6.24. The van der Waals surface area contributed by atoms with Gasteiger partial charge in [-0.05, 0) is 87.1 Å². The molecule has 2 N–H and O–H groups in total. The van der Waals surface area contributed by atoms with E-state index in [0.29, 0.717) is 11.7 Å². The van der Waals surface area contributed by atoms with Gasteiger partial charge in [-0.1, -0.05) is 12.1 Å². The van der Waals surface area contributed by atoms with Crippen LogP contribution in [0.5, 0.6) is 0 Å². The SMILES string of the molecule is Cc1ccc2c(N3CCN(CCc4c(C)ccc5c4CCc4c(C(N)=O)ncn4-5)[C@H](C)C3)cccc2n1. The number of anilines is 1. The third-order valence-corrected chi connectivity index (χ3v) is 8.21. The van der Waals surface area contributed by atoms with Crippen molar-refractivity contribution in [3.8, 4) is 5.69 Å². The number of benzene rings is 2. The molecule has 1 atom stereocenters. The van der Waals surface area contributed by atoms with Crippen molar-refractivity contribution < 1.29 is 4.79 Å². The highest BCUT2D eigenvalue weighted by Gasteiger charge is 2.27. The van der Waals surface area contributed by atoms with E-state index in [1.165, 1.54) is 27.8 Å². The lowest BCUT2D eigenvalue weighted by atomic mass is 9.90. The van der Waals surface area contributed by atoms with Crippen molar-refractivity contribution >= 4 is 22.5 Å². The smallest absolute Gasteiger partial charge is 0.269 e. The standard InChI is InChI=1S/C30H34N6O/c1-19-7-11-27-23(10-12-28-29(30(31)37)32-18-36(27)28)22(19)13-14-34-15-16-35(17-21(34)3)26-6-4-5-25-24(26)9-8-20(2)33-25/h4-9,11,18,21H,10,12-17H2,1-3H3,(H2,31,37)/t21-/m1/s1. The van der Waals surface area contributed by atoms with Gasteiger partial charge in [-0.25, -0.2) is 4.98 Å². The highest BCUT2D eigenvalue weighted by Crippen LogP contribution is 2.32. The summed E-state index contributed by atoms with van der Waals surface area (Å²) in [6, 6.07) is 15.6. The number of hydrogen-bond acceptors (Lipinski definition) is 5. The first-order chi connectivity index (χ1) is 17.9. The molecule has 7 nitrogen and oxygen atoms in total. The number of imidazole rings is 1. The maximum Gasteiger partial charge on any atom is 0.269 e. The van der Waals surface area contributed by atoms with E-state index in [4.69, 9.17) is 10.7 Å². The van der Waals surface area contributed by atoms with E-state index in [9.17, 15) is 4.79 Å². The molecule has 2 aliphatic rings. The molecule has 2 aromatic carbocycles. The number of amides is 1. The summed E-state index contributed by atoms with van der Waals surface area (Å²) in [7, 11) is 0. The molecule has 7 heteroatoms. The highest BCUT2D eigenvalue weighted by molar-refractivity contribution is 5.92. The van der Waals surface area contributed by atoms with E-state index in [1.54, 1.807) is 6.33 Å². The minimum absolute atomic E-state index is 0.400. The molecule has 0 spiro atoms. The molecule has 0 bridgehead atoms. The molecule has 0 saturated carbocycles. The summed E-state index contributed by atoms with van der Waals surface area (Å²) in [4.78, 5) is 26.0. The van der Waals surface area contributed by atoms with Crippen molar-refractivity contribution in [2.45, 2.75) is 46.1 Å². The van der Waals surface area contributed by atoms with Gasteiger partial charge in [0, 0.05) is 49.0 Å². The van der Waals surface area contributed by atoms with Crippen LogP contribution in [0.25, 0.3) is 16.6 Å². The number of piperazine rings is 1. The second-order valence-electron chi connectivity index (χ2n) is 10.5. The maximum atomic E-state index is 11.8. The van der Waals surface area contributed by atoms with E-state index in [-0.39, 0.29) is 0 Å². The van der Waals surface area contributed by atoms with Crippen LogP contribution in [0.1, 0.15) is 45.5 Å². The summed E-state index contributed by atoms with van der Waals surface area (Å²) in [5, 5.41) is 1.23. The lowest BCUT2D eigenvalue weighted by Crippen LogP contribution is -2.52. The zero-order chi connectivity index (χ0) is 25.7. The molecule has 1 amide bonds. The summed E-state index contributed by atoms with van der Waals surface area (Å²) < 4.78 is 2.06. The van der Waals surface area contributed by atoms with Crippen LogP contribution in [0.15, 0.2) is 48.8 Å². The minimum Gasteiger partial charge on any atom is -0.368 e. The Labute approximate surface area is 217 Å². The lowest BCUT2D eigenvalue weighted by molar-refractivity contribution is 0.0995. The first kappa shape index (κ1) is 23.7. The molecule has 190 valence electrons. The Hall–Kier alpha value is -3.71. The number of nitrogens with zero attached hydrogens (tertiary/aromatic N) is 5. The van der Waals surface area contributed by atoms with Crippen molar-refractivity contribution in [2.24, 2.45) is 5.73 Å². The number of nitrogens with two attached hydrogens (primary N) is 1. The Bertz CT molecular complexity index is 1510. The number of pyridine rings is 1. The summed E-state index contributed by atoms with van der Waals surface area (Å²) in [6.45, 7) is 10.7. The van der Waals surface area contributed by atoms with Gasteiger partial charge < -0.3 is 15.2 Å². The van der Waals surface area contributed by atoms with E-state index in [2.05, 4.69) is 75.7 Å². The van der Waals surface area contributed by atoms with Crippen LogP contribution in [0.4, 0.5) is 5.69 Å². The van der Waals surface area contributed by atoms with Gasteiger partial charge in [0.25, 0.3) is 5.91 Å². The summed E-state index contributed by atoms with van der Waals surface area (Å²) >= 11 is 0. The van der Waals surface area contributed by atoms with Gasteiger partial charge in [0.1, 0.15) is 12.0 Å². The van der Waals surface area contributed by atoms with Gasteiger partial charge in [-0.2, -0.15) is 0 Å². The zero-order valence-electron chi connectivity index (χ0n) is 21.9. The van der Waals surface area contributed by atoms with Gasteiger partial charge in [0.15, 0.2) is 0 Å². The third-order valence-electron chi connectivity index (χ3n) is 8.21. The molecule has 0 aliphatic carbocycles. The lowest BCUT2D eigenvalue weighted by Gasteiger charge is -2.41. The second-order valence-corrected chi connectivity index (χ2v) is 10.5.